The van der Waals surface area contributed by atoms with Gasteiger partial charge < -0.3 is 10.1 Å². The zero-order valence-corrected chi connectivity index (χ0v) is 10.7. The Kier molecular flexibility index (Phi) is 5.43. The molecule has 1 aromatic rings. The third-order valence-corrected chi connectivity index (χ3v) is 2.85. The van der Waals surface area contributed by atoms with Gasteiger partial charge in [-0.05, 0) is 30.0 Å². The summed E-state index contributed by atoms with van der Waals surface area (Å²) in [6.45, 7) is 8.11. The summed E-state index contributed by atoms with van der Waals surface area (Å²) in [7, 11) is 1.74. The summed E-state index contributed by atoms with van der Waals surface area (Å²) >= 11 is 0. The first-order chi connectivity index (χ1) is 7.65. The van der Waals surface area contributed by atoms with Crippen LogP contribution in [0.15, 0.2) is 18.5 Å². The van der Waals surface area contributed by atoms with Gasteiger partial charge in [-0.1, -0.05) is 13.8 Å². The molecule has 0 amide bonds. The minimum atomic E-state index is 0.393. The van der Waals surface area contributed by atoms with Crippen molar-refractivity contribution < 1.29 is 4.74 Å². The van der Waals surface area contributed by atoms with Gasteiger partial charge in [-0.2, -0.15) is 0 Å². The third kappa shape index (κ3) is 3.91. The van der Waals surface area contributed by atoms with Crippen molar-refractivity contribution in [3.8, 4) is 0 Å². The van der Waals surface area contributed by atoms with Gasteiger partial charge in [0, 0.05) is 32.1 Å². The Morgan fingerprint density at radius 3 is 2.75 bits per heavy atom. The van der Waals surface area contributed by atoms with Gasteiger partial charge in [0.15, 0.2) is 0 Å². The highest BCUT2D eigenvalue weighted by molar-refractivity contribution is 5.21. The molecule has 3 heteroatoms. The predicted octanol–water partition coefficient (Wildman–Crippen LogP) is 2.15. The molecule has 1 N–H and O–H groups in total. The molecule has 0 aliphatic heterocycles. The van der Waals surface area contributed by atoms with Gasteiger partial charge in [0.2, 0.25) is 0 Å². The van der Waals surface area contributed by atoms with Crippen LogP contribution in [0.1, 0.15) is 25.0 Å². The monoisotopic (exact) mass is 222 g/mol. The normalized spacial score (nSPS) is 13.1. The predicted molar refractivity (Wildman–Crippen MR) is 66.3 cm³/mol. The van der Waals surface area contributed by atoms with Crippen LogP contribution in [-0.4, -0.2) is 24.7 Å². The maximum atomic E-state index is 5.21. The summed E-state index contributed by atoms with van der Waals surface area (Å²) in [6.07, 6.45) is 3.75. The lowest BCUT2D eigenvalue weighted by Gasteiger charge is -2.21. The lowest BCUT2D eigenvalue weighted by molar-refractivity contribution is 0.146. The number of nitrogens with zero attached hydrogens (tertiary/aromatic N) is 1. The van der Waals surface area contributed by atoms with Gasteiger partial charge in [0.1, 0.15) is 0 Å². The average molecular weight is 222 g/mol. The van der Waals surface area contributed by atoms with E-state index in [9.17, 15) is 0 Å². The van der Waals surface area contributed by atoms with E-state index in [0.29, 0.717) is 12.0 Å². The van der Waals surface area contributed by atoms with E-state index in [1.807, 2.05) is 18.5 Å². The Hall–Kier alpha value is -0.930. The second-order valence-corrected chi connectivity index (χ2v) is 4.49. The van der Waals surface area contributed by atoms with Crippen LogP contribution in [0.5, 0.6) is 0 Å². The van der Waals surface area contributed by atoms with Gasteiger partial charge in [0.05, 0.1) is 6.61 Å². The van der Waals surface area contributed by atoms with E-state index < -0.39 is 0 Å². The van der Waals surface area contributed by atoms with Crippen molar-refractivity contribution in [2.75, 3.05) is 13.7 Å². The van der Waals surface area contributed by atoms with Crippen molar-refractivity contribution in [2.24, 2.45) is 5.92 Å². The Bertz CT molecular complexity index is 313. The second-order valence-electron chi connectivity index (χ2n) is 4.49. The van der Waals surface area contributed by atoms with E-state index in [0.717, 1.165) is 13.2 Å². The van der Waals surface area contributed by atoms with Crippen LogP contribution in [-0.2, 0) is 11.3 Å². The lowest BCUT2D eigenvalue weighted by atomic mass is 10.0. The number of pyridine rings is 1. The number of hydrogen-bond donors (Lipinski definition) is 1. The second kappa shape index (κ2) is 6.61. The Morgan fingerprint density at radius 2 is 2.19 bits per heavy atom. The summed E-state index contributed by atoms with van der Waals surface area (Å²) in [5.74, 6) is 0.567. The molecule has 1 aromatic heterocycles. The molecule has 0 spiro atoms. The van der Waals surface area contributed by atoms with E-state index in [-0.39, 0.29) is 0 Å². The van der Waals surface area contributed by atoms with Gasteiger partial charge in [-0.3, -0.25) is 4.98 Å². The first-order valence-electron chi connectivity index (χ1n) is 5.77. The van der Waals surface area contributed by atoms with Crippen molar-refractivity contribution >= 4 is 0 Å². The number of rotatable bonds is 6. The molecule has 16 heavy (non-hydrogen) atoms. The van der Waals surface area contributed by atoms with E-state index in [2.05, 4.69) is 31.1 Å². The molecule has 0 radical (unpaired) electrons. The Labute approximate surface area is 98.2 Å². The maximum absolute atomic E-state index is 5.21. The fourth-order valence-electron chi connectivity index (χ4n) is 1.59. The summed E-state index contributed by atoms with van der Waals surface area (Å²) in [5.41, 5.74) is 2.53. The van der Waals surface area contributed by atoms with Crippen LogP contribution in [0, 0.1) is 12.8 Å². The van der Waals surface area contributed by atoms with Gasteiger partial charge in [0.25, 0.3) is 0 Å². The molecule has 1 heterocycles. The SMILES string of the molecule is COCC(NCc1cnccc1C)C(C)C. The summed E-state index contributed by atoms with van der Waals surface area (Å²) in [6, 6.07) is 2.43. The molecule has 0 aliphatic carbocycles. The number of ether oxygens (including phenoxy) is 1. The van der Waals surface area contributed by atoms with Crippen molar-refractivity contribution in [3.63, 3.8) is 0 Å². The molecule has 0 saturated carbocycles. The zero-order chi connectivity index (χ0) is 12.0. The van der Waals surface area contributed by atoms with Crippen LogP contribution in [0.3, 0.4) is 0 Å². The standard InChI is InChI=1S/C13H22N2O/c1-10(2)13(9-16-4)15-8-12-7-14-6-5-11(12)3/h5-7,10,13,15H,8-9H2,1-4H3. The highest BCUT2D eigenvalue weighted by Crippen LogP contribution is 2.07. The summed E-state index contributed by atoms with van der Waals surface area (Å²) in [4.78, 5) is 4.14. The third-order valence-electron chi connectivity index (χ3n) is 2.85. The topological polar surface area (TPSA) is 34.1 Å². The molecular weight excluding hydrogens is 200 g/mol. The molecule has 0 aliphatic rings. The van der Waals surface area contributed by atoms with Crippen LogP contribution in [0.25, 0.3) is 0 Å². The maximum Gasteiger partial charge on any atom is 0.0618 e. The minimum absolute atomic E-state index is 0.393. The van der Waals surface area contributed by atoms with Gasteiger partial charge in [-0.25, -0.2) is 0 Å². The van der Waals surface area contributed by atoms with Crippen LogP contribution < -0.4 is 5.32 Å². The van der Waals surface area contributed by atoms with Crippen molar-refractivity contribution in [3.05, 3.63) is 29.6 Å². The highest BCUT2D eigenvalue weighted by Gasteiger charge is 2.12. The molecule has 0 saturated heterocycles. The molecule has 1 unspecified atom stereocenters. The molecule has 1 atom stereocenters. The van der Waals surface area contributed by atoms with E-state index in [4.69, 9.17) is 4.74 Å². The summed E-state index contributed by atoms with van der Waals surface area (Å²) in [5, 5.41) is 3.51. The number of hydrogen-bond acceptors (Lipinski definition) is 3. The number of methoxy groups -OCH3 is 1. The summed E-state index contributed by atoms with van der Waals surface area (Å²) < 4.78 is 5.21. The molecule has 0 fully saturated rings. The number of aromatic nitrogens is 1. The smallest absolute Gasteiger partial charge is 0.0618 e. The van der Waals surface area contributed by atoms with E-state index >= 15 is 0 Å². The fourth-order valence-corrected chi connectivity index (χ4v) is 1.59. The number of nitrogens with one attached hydrogen (secondary N) is 1. The van der Waals surface area contributed by atoms with E-state index in [1.165, 1.54) is 11.1 Å². The molecule has 0 bridgehead atoms. The minimum Gasteiger partial charge on any atom is -0.383 e. The molecular formula is C13H22N2O. The van der Waals surface area contributed by atoms with E-state index in [1.54, 1.807) is 7.11 Å². The zero-order valence-electron chi connectivity index (χ0n) is 10.7. The van der Waals surface area contributed by atoms with Crippen molar-refractivity contribution in [1.29, 1.82) is 0 Å². The fraction of sp³-hybridized carbons (Fsp3) is 0.615. The Morgan fingerprint density at radius 1 is 1.44 bits per heavy atom. The first-order valence-corrected chi connectivity index (χ1v) is 5.77. The van der Waals surface area contributed by atoms with Crippen LogP contribution in [0.4, 0.5) is 0 Å². The molecule has 3 nitrogen and oxygen atoms in total. The number of aryl methyl sites for hydroxylation is 1. The molecule has 1 rings (SSSR count). The average Bonchev–Trinajstić information content (AvgIpc) is 2.26. The van der Waals surface area contributed by atoms with Gasteiger partial charge in [-0.15, -0.1) is 0 Å². The van der Waals surface area contributed by atoms with Crippen molar-refractivity contribution in [1.82, 2.24) is 10.3 Å². The van der Waals surface area contributed by atoms with Gasteiger partial charge >= 0.3 is 0 Å². The highest BCUT2D eigenvalue weighted by atomic mass is 16.5. The van der Waals surface area contributed by atoms with Crippen molar-refractivity contribution in [2.45, 2.75) is 33.4 Å². The molecule has 0 aromatic carbocycles. The Balaban J connectivity index is 2.52. The largest absolute Gasteiger partial charge is 0.383 e. The van der Waals surface area contributed by atoms with Crippen LogP contribution >= 0.6 is 0 Å². The van der Waals surface area contributed by atoms with Crippen LogP contribution in [0.2, 0.25) is 0 Å². The quantitative estimate of drug-likeness (QED) is 0.801. The lowest BCUT2D eigenvalue weighted by Crippen LogP contribution is -2.37. The first kappa shape index (κ1) is 13.1. The molecule has 90 valence electrons.